The molecule has 71 heavy (non-hydrogen) atoms. The third-order valence-corrected chi connectivity index (χ3v) is 14.7. The summed E-state index contributed by atoms with van der Waals surface area (Å²) in [5.74, 6) is -0.104. The quantitative estimate of drug-likeness (QED) is 0.0321. The van der Waals surface area contributed by atoms with Gasteiger partial charge in [-0.3, -0.25) is 9.59 Å². The van der Waals surface area contributed by atoms with E-state index in [4.69, 9.17) is 4.74 Å². The van der Waals surface area contributed by atoms with E-state index in [1.54, 1.807) is 6.08 Å². The van der Waals surface area contributed by atoms with Crippen LogP contribution in [-0.2, 0) is 14.3 Å². The normalized spacial score (nSPS) is 12.8. The molecular formula is C65H123NO5. The second-order valence-corrected chi connectivity index (χ2v) is 21.7. The van der Waals surface area contributed by atoms with Crippen molar-refractivity contribution >= 4 is 11.9 Å². The fourth-order valence-electron chi connectivity index (χ4n) is 9.83. The molecule has 0 aromatic carbocycles. The highest BCUT2D eigenvalue weighted by molar-refractivity contribution is 5.76. The Labute approximate surface area is 443 Å². The molecule has 0 heterocycles. The SMILES string of the molecule is CCCCCCCCCCCCCCCCCCCC/C=C/C(O)C(CO)NC(=O)CCCCCCCCCCCCCCCC/C=C\C/C=C\CCOC(=O)CCCCCCCCCCCCCCC. The van der Waals surface area contributed by atoms with Gasteiger partial charge in [-0.2, -0.15) is 0 Å². The fourth-order valence-corrected chi connectivity index (χ4v) is 9.83. The average Bonchev–Trinajstić information content (AvgIpc) is 3.37. The molecule has 418 valence electrons. The molecule has 0 saturated carbocycles. The molecule has 2 unspecified atom stereocenters. The van der Waals surface area contributed by atoms with E-state index in [9.17, 15) is 19.8 Å². The molecule has 0 spiro atoms. The van der Waals surface area contributed by atoms with Crippen molar-refractivity contribution in [3.8, 4) is 0 Å². The minimum absolute atomic E-state index is 0.0341. The molecule has 0 radical (unpaired) electrons. The average molecular weight is 999 g/mol. The lowest BCUT2D eigenvalue weighted by Crippen LogP contribution is -2.45. The largest absolute Gasteiger partial charge is 0.465 e. The van der Waals surface area contributed by atoms with Gasteiger partial charge in [-0.1, -0.05) is 314 Å². The Kier molecular flexibility index (Phi) is 59.0. The molecule has 2 atom stereocenters. The molecule has 0 rings (SSSR count). The Hall–Kier alpha value is -1.92. The number of amides is 1. The number of hydrogen-bond donors (Lipinski definition) is 3. The van der Waals surface area contributed by atoms with Gasteiger partial charge >= 0.3 is 5.97 Å². The third kappa shape index (κ3) is 57.2. The first kappa shape index (κ1) is 69.1. The van der Waals surface area contributed by atoms with E-state index in [0.29, 0.717) is 19.4 Å². The smallest absolute Gasteiger partial charge is 0.305 e. The lowest BCUT2D eigenvalue weighted by molar-refractivity contribution is -0.143. The third-order valence-electron chi connectivity index (χ3n) is 14.7. The van der Waals surface area contributed by atoms with Crippen LogP contribution in [0.5, 0.6) is 0 Å². The summed E-state index contributed by atoms with van der Waals surface area (Å²) < 4.78 is 5.41. The van der Waals surface area contributed by atoms with Crippen LogP contribution in [0.25, 0.3) is 0 Å². The van der Waals surface area contributed by atoms with Crippen molar-refractivity contribution in [2.24, 2.45) is 0 Å². The Balaban J connectivity index is 3.48. The molecule has 0 aromatic rings. The summed E-state index contributed by atoms with van der Waals surface area (Å²) in [5, 5.41) is 23.2. The van der Waals surface area contributed by atoms with E-state index in [0.717, 1.165) is 51.4 Å². The van der Waals surface area contributed by atoms with Crippen LogP contribution in [0.1, 0.15) is 341 Å². The van der Waals surface area contributed by atoms with E-state index < -0.39 is 12.1 Å². The maximum atomic E-state index is 12.5. The Morgan fingerprint density at radius 2 is 0.704 bits per heavy atom. The van der Waals surface area contributed by atoms with E-state index >= 15 is 0 Å². The number of unbranched alkanes of at least 4 members (excludes halogenated alkanes) is 44. The van der Waals surface area contributed by atoms with Gasteiger partial charge in [0, 0.05) is 12.8 Å². The molecule has 0 aromatic heterocycles. The van der Waals surface area contributed by atoms with Crippen molar-refractivity contribution < 1.29 is 24.5 Å². The van der Waals surface area contributed by atoms with Gasteiger partial charge in [-0.05, 0) is 51.4 Å². The van der Waals surface area contributed by atoms with Crippen molar-refractivity contribution in [2.45, 2.75) is 353 Å². The number of allylic oxidation sites excluding steroid dienone is 4. The summed E-state index contributed by atoms with van der Waals surface area (Å²) in [6.07, 6.45) is 76.3. The number of carbonyl (C=O) groups excluding carboxylic acids is 2. The highest BCUT2D eigenvalue weighted by atomic mass is 16.5. The predicted octanol–water partition coefficient (Wildman–Crippen LogP) is 20.0. The Morgan fingerprint density at radius 1 is 0.394 bits per heavy atom. The van der Waals surface area contributed by atoms with E-state index in [2.05, 4.69) is 43.5 Å². The highest BCUT2D eigenvalue weighted by Gasteiger charge is 2.18. The summed E-state index contributed by atoms with van der Waals surface area (Å²) in [7, 11) is 0. The first-order valence-corrected chi connectivity index (χ1v) is 31.8. The first-order chi connectivity index (χ1) is 35.0. The van der Waals surface area contributed by atoms with Gasteiger partial charge in [0.15, 0.2) is 0 Å². The predicted molar refractivity (Wildman–Crippen MR) is 310 cm³/mol. The summed E-state index contributed by atoms with van der Waals surface area (Å²) >= 11 is 0. The van der Waals surface area contributed by atoms with Crippen LogP contribution < -0.4 is 5.32 Å². The monoisotopic (exact) mass is 998 g/mol. The maximum absolute atomic E-state index is 12.5. The number of aliphatic hydroxyl groups is 2. The summed E-state index contributed by atoms with van der Waals surface area (Å²) in [4.78, 5) is 24.5. The molecule has 0 aliphatic rings. The molecule has 1 amide bonds. The number of hydrogen-bond acceptors (Lipinski definition) is 5. The molecule has 0 fully saturated rings. The minimum atomic E-state index is -0.849. The first-order valence-electron chi connectivity index (χ1n) is 31.8. The van der Waals surface area contributed by atoms with Crippen LogP contribution in [0.15, 0.2) is 36.5 Å². The number of carbonyl (C=O) groups is 2. The zero-order valence-electron chi connectivity index (χ0n) is 47.7. The van der Waals surface area contributed by atoms with Crippen molar-refractivity contribution in [1.82, 2.24) is 5.32 Å². The number of ether oxygens (including phenoxy) is 1. The van der Waals surface area contributed by atoms with E-state index in [1.165, 1.54) is 263 Å². The molecule has 0 bridgehead atoms. The van der Waals surface area contributed by atoms with Crippen molar-refractivity contribution in [1.29, 1.82) is 0 Å². The molecule has 0 aliphatic carbocycles. The van der Waals surface area contributed by atoms with Crippen LogP contribution in [0, 0.1) is 0 Å². The lowest BCUT2D eigenvalue weighted by atomic mass is 10.0. The van der Waals surface area contributed by atoms with Gasteiger partial charge in [0.25, 0.3) is 0 Å². The zero-order chi connectivity index (χ0) is 51.4. The Morgan fingerprint density at radius 3 is 1.07 bits per heavy atom. The van der Waals surface area contributed by atoms with Gasteiger partial charge in [0.05, 0.1) is 25.4 Å². The van der Waals surface area contributed by atoms with E-state index in [-0.39, 0.29) is 18.5 Å². The summed E-state index contributed by atoms with van der Waals surface area (Å²) in [6.45, 7) is 4.82. The molecule has 3 N–H and O–H groups in total. The zero-order valence-corrected chi connectivity index (χ0v) is 47.7. The number of aliphatic hydroxyl groups excluding tert-OH is 2. The maximum Gasteiger partial charge on any atom is 0.305 e. The van der Waals surface area contributed by atoms with Crippen molar-refractivity contribution in [3.63, 3.8) is 0 Å². The van der Waals surface area contributed by atoms with Gasteiger partial charge in [0.1, 0.15) is 0 Å². The minimum Gasteiger partial charge on any atom is -0.465 e. The van der Waals surface area contributed by atoms with Gasteiger partial charge < -0.3 is 20.3 Å². The molecule has 0 aliphatic heterocycles. The number of esters is 1. The van der Waals surface area contributed by atoms with Crippen LogP contribution in [0.4, 0.5) is 0 Å². The molecule has 6 nitrogen and oxygen atoms in total. The molecular weight excluding hydrogens is 875 g/mol. The van der Waals surface area contributed by atoms with Crippen molar-refractivity contribution in [2.75, 3.05) is 13.2 Å². The second kappa shape index (κ2) is 60.6. The van der Waals surface area contributed by atoms with Crippen LogP contribution in [0.3, 0.4) is 0 Å². The number of rotatable bonds is 59. The van der Waals surface area contributed by atoms with Crippen LogP contribution in [0.2, 0.25) is 0 Å². The standard InChI is InChI=1S/C65H123NO5/c1-3-5-7-9-11-13-15-17-18-19-20-24-27-30-34-37-41-45-49-53-57-63(68)62(61-67)66-64(69)58-54-50-46-42-38-35-31-28-25-22-21-23-26-29-32-36-40-44-48-52-56-60-71-65(70)59-55-51-47-43-39-33-16-14-12-10-8-6-4-2/h36,40,48,52-53,57,62-63,67-68H,3-35,37-39,41-47,49-51,54-56,58-61H2,1-2H3,(H,66,69)/b40-36-,52-48-,57-53+. The summed E-state index contributed by atoms with van der Waals surface area (Å²) in [6, 6.07) is -0.633. The van der Waals surface area contributed by atoms with Gasteiger partial charge in [-0.15, -0.1) is 0 Å². The lowest BCUT2D eigenvalue weighted by Gasteiger charge is -2.20. The van der Waals surface area contributed by atoms with Gasteiger partial charge in [0.2, 0.25) is 5.91 Å². The Bertz CT molecular complexity index is 1150. The summed E-state index contributed by atoms with van der Waals surface area (Å²) in [5.41, 5.74) is 0. The van der Waals surface area contributed by atoms with E-state index in [1.807, 2.05) is 6.08 Å². The van der Waals surface area contributed by atoms with Crippen LogP contribution >= 0.6 is 0 Å². The number of nitrogens with one attached hydrogen (secondary N) is 1. The molecule has 0 saturated heterocycles. The highest BCUT2D eigenvalue weighted by Crippen LogP contribution is 2.18. The fraction of sp³-hybridized carbons (Fsp3) is 0.877. The van der Waals surface area contributed by atoms with Crippen molar-refractivity contribution in [3.05, 3.63) is 36.5 Å². The van der Waals surface area contributed by atoms with Gasteiger partial charge in [-0.25, -0.2) is 0 Å². The van der Waals surface area contributed by atoms with Crippen LogP contribution in [-0.4, -0.2) is 47.4 Å². The second-order valence-electron chi connectivity index (χ2n) is 21.7. The topological polar surface area (TPSA) is 95.9 Å². The molecule has 6 heteroatoms.